The van der Waals surface area contributed by atoms with E-state index >= 15 is 0 Å². The Morgan fingerprint density at radius 3 is 1.26 bits per heavy atom. The van der Waals surface area contributed by atoms with Gasteiger partial charge in [0.05, 0.1) is 0 Å². The Bertz CT molecular complexity index is 1060. The summed E-state index contributed by atoms with van der Waals surface area (Å²) in [5, 5.41) is 0. The van der Waals surface area contributed by atoms with Crippen molar-refractivity contribution in [2.45, 2.75) is 19.1 Å². The summed E-state index contributed by atoms with van der Waals surface area (Å²) in [4.78, 5) is 0. The summed E-state index contributed by atoms with van der Waals surface area (Å²) in [5.41, 5.74) is -3.26. The molecule has 0 heterocycles. The predicted molar refractivity (Wildman–Crippen MR) is 85.7 cm³/mol. The molecule has 0 amide bonds. The van der Waals surface area contributed by atoms with E-state index in [0.29, 0.717) is 0 Å². The molecule has 2 rings (SSSR count). The number of hydrogen-bond donors (Lipinski definition) is 0. The average Bonchev–Trinajstić information content (AvgIpc) is 2.53. The molecule has 0 N–H and O–H groups in total. The minimum absolute atomic E-state index is 0. The van der Waals surface area contributed by atoms with Gasteiger partial charge < -0.3 is 17.5 Å². The average molecular weight is 438 g/mol. The van der Waals surface area contributed by atoms with Crippen LogP contribution in [0.2, 0.25) is 0 Å². The molecule has 0 radical (unpaired) electrons. The van der Waals surface area contributed by atoms with Crippen LogP contribution in [0.3, 0.4) is 0 Å². The van der Waals surface area contributed by atoms with Gasteiger partial charge in [-0.1, -0.05) is 38.0 Å². The van der Waals surface area contributed by atoms with Gasteiger partial charge in [0, 0.05) is 13.6 Å². The van der Waals surface area contributed by atoms with Crippen molar-refractivity contribution < 1.29 is 102 Å². The Labute approximate surface area is 211 Å². The van der Waals surface area contributed by atoms with E-state index in [4.69, 9.17) is 8.22 Å². The van der Waals surface area contributed by atoms with E-state index < -0.39 is 51.4 Å². The van der Waals surface area contributed by atoms with Crippen LogP contribution in [0, 0.1) is 0 Å². The maximum absolute atomic E-state index is 10.7. The molecule has 0 aromatic heterocycles. The quantitative estimate of drug-likeness (QED) is 0.251. The van der Waals surface area contributed by atoms with Crippen molar-refractivity contribution in [1.29, 1.82) is 0 Å². The fraction of sp³-hybridized carbons (Fsp3) is 0.200. The first-order valence-corrected chi connectivity index (χ1v) is 9.05. The van der Waals surface area contributed by atoms with Gasteiger partial charge in [-0.3, -0.25) is 0 Å². The first kappa shape index (κ1) is 17.7. The first-order valence-electron chi connectivity index (χ1n) is 9.38. The topological polar surface area (TPSA) is 133 Å². The van der Waals surface area contributed by atoms with Crippen LogP contribution in [0.25, 0.3) is 0 Å². The second-order valence-corrected chi connectivity index (χ2v) is 6.75. The standard InChI is InChI=1S/C15H16O8S2.2Na/c1-15(2,11-3-7-13(8-4-11)22-24(16,17)18)12-5-9-14(10-6-12)23-25(19,20)21;;/h3-10H,1-2H3,(H,16,17,18)(H,19,20,21);;/q;2*+1/p-2/i1D3,2D3;;. The van der Waals surface area contributed by atoms with Crippen LogP contribution in [0.15, 0.2) is 48.5 Å². The fourth-order valence-electron chi connectivity index (χ4n) is 1.92. The number of rotatable bonds is 6. The van der Waals surface area contributed by atoms with Gasteiger partial charge >= 0.3 is 59.1 Å². The predicted octanol–water partition coefficient (Wildman–Crippen LogP) is -4.30. The second-order valence-electron chi connectivity index (χ2n) is 4.78. The maximum Gasteiger partial charge on any atom is 1.00 e. The molecule has 0 unspecified atom stereocenters. The molecule has 0 fully saturated rings. The molecule has 0 saturated heterocycles. The second kappa shape index (κ2) is 10.1. The van der Waals surface area contributed by atoms with Crippen molar-refractivity contribution >= 4 is 20.8 Å². The minimum atomic E-state index is -5.11. The molecule has 136 valence electrons. The van der Waals surface area contributed by atoms with Crippen molar-refractivity contribution in [3.05, 3.63) is 59.7 Å². The molecule has 2 aromatic carbocycles. The minimum Gasteiger partial charge on any atom is -0.716 e. The van der Waals surface area contributed by atoms with Crippen LogP contribution in [0.1, 0.15) is 33.1 Å². The van der Waals surface area contributed by atoms with Crippen LogP contribution in [0.4, 0.5) is 0 Å². The Kier molecular flexibility index (Phi) is 6.59. The van der Waals surface area contributed by atoms with Crippen molar-refractivity contribution in [2.75, 3.05) is 0 Å². The van der Waals surface area contributed by atoms with Gasteiger partial charge in [0.2, 0.25) is 0 Å². The summed E-state index contributed by atoms with van der Waals surface area (Å²) >= 11 is 0. The molecule has 8 nitrogen and oxygen atoms in total. The van der Waals surface area contributed by atoms with E-state index in [0.717, 1.165) is 48.5 Å². The van der Waals surface area contributed by atoms with Crippen LogP contribution in [-0.2, 0) is 26.2 Å². The maximum atomic E-state index is 10.7. The summed E-state index contributed by atoms with van der Waals surface area (Å²) in [6, 6.07) is 7.57. The van der Waals surface area contributed by atoms with E-state index in [-0.39, 0.29) is 70.2 Å². The molecule has 0 spiro atoms. The summed E-state index contributed by atoms with van der Waals surface area (Å²) in [7, 11) is -10.2. The molecule has 0 aliphatic carbocycles. The third kappa shape index (κ3) is 8.40. The Hall–Kier alpha value is -0.140. The zero-order valence-electron chi connectivity index (χ0n) is 20.2. The normalized spacial score (nSPS) is 15.9. The van der Waals surface area contributed by atoms with Crippen LogP contribution in [0.5, 0.6) is 11.5 Å². The Morgan fingerprint density at radius 1 is 0.741 bits per heavy atom. The van der Waals surface area contributed by atoms with Gasteiger partial charge in [0.15, 0.2) is 0 Å². The number of benzene rings is 2. The Morgan fingerprint density at radius 2 is 1.04 bits per heavy atom. The molecule has 27 heavy (non-hydrogen) atoms. The molecular formula is C15H14Na2O8S2. The molecular weight excluding hydrogens is 418 g/mol. The molecule has 2 aromatic rings. The van der Waals surface area contributed by atoms with Crippen molar-refractivity contribution in [3.63, 3.8) is 0 Å². The largest absolute Gasteiger partial charge is 1.00 e. The summed E-state index contributed by atoms with van der Waals surface area (Å²) in [6.45, 7) is -6.39. The van der Waals surface area contributed by atoms with E-state index in [1.54, 1.807) is 0 Å². The first-order chi connectivity index (χ1) is 13.9. The number of hydrogen-bond acceptors (Lipinski definition) is 8. The summed E-state index contributed by atoms with van der Waals surface area (Å²) < 4.78 is 120. The molecule has 0 atom stereocenters. The third-order valence-electron chi connectivity index (χ3n) is 2.97. The van der Waals surface area contributed by atoms with Crippen LogP contribution in [-0.4, -0.2) is 25.9 Å². The van der Waals surface area contributed by atoms with Gasteiger partial charge in [-0.05, 0) is 35.4 Å². The van der Waals surface area contributed by atoms with Gasteiger partial charge in [-0.2, -0.15) is 0 Å². The molecule has 0 aliphatic heterocycles. The van der Waals surface area contributed by atoms with Gasteiger partial charge in [-0.25, -0.2) is 16.8 Å². The van der Waals surface area contributed by atoms with Crippen molar-refractivity contribution in [1.82, 2.24) is 0 Å². The van der Waals surface area contributed by atoms with E-state index in [1.807, 2.05) is 0 Å². The molecule has 0 aliphatic rings. The van der Waals surface area contributed by atoms with E-state index in [9.17, 15) is 25.9 Å². The van der Waals surface area contributed by atoms with E-state index in [2.05, 4.69) is 8.37 Å². The van der Waals surface area contributed by atoms with Gasteiger partial charge in [-0.15, -0.1) is 0 Å². The fourth-order valence-corrected chi connectivity index (χ4v) is 2.62. The SMILES string of the molecule is [2H]C([2H])([2H])C(c1ccc(OS(=O)(=O)[O-])cc1)(c1ccc(OS(=O)(=O)[O-])cc1)C([2H])([2H])[2H].[Na+].[Na+]. The van der Waals surface area contributed by atoms with Gasteiger partial charge in [0.1, 0.15) is 11.5 Å². The molecule has 0 saturated carbocycles. The molecule has 12 heteroatoms. The third-order valence-corrected chi connectivity index (χ3v) is 3.76. The van der Waals surface area contributed by atoms with Crippen LogP contribution < -0.4 is 67.5 Å². The monoisotopic (exact) mass is 438 g/mol. The van der Waals surface area contributed by atoms with Crippen molar-refractivity contribution in [3.8, 4) is 11.5 Å². The zero-order valence-corrected chi connectivity index (χ0v) is 19.8. The smallest absolute Gasteiger partial charge is 0.716 e. The van der Waals surface area contributed by atoms with E-state index in [1.165, 1.54) is 0 Å². The summed E-state index contributed by atoms with van der Waals surface area (Å²) in [6.07, 6.45) is 0. The van der Waals surface area contributed by atoms with Gasteiger partial charge in [0.25, 0.3) is 20.8 Å². The van der Waals surface area contributed by atoms with Crippen LogP contribution >= 0.6 is 0 Å². The summed E-state index contributed by atoms with van der Waals surface area (Å²) in [5.74, 6) is -0.929. The van der Waals surface area contributed by atoms with Crippen molar-refractivity contribution in [2.24, 2.45) is 0 Å². The zero-order chi connectivity index (χ0) is 23.9. The molecule has 0 bridgehead atoms. The Balaban J connectivity index is 0.00000512.